The van der Waals surface area contributed by atoms with E-state index < -0.39 is 5.97 Å². The average Bonchev–Trinajstić information content (AvgIpc) is 2.80. The van der Waals surface area contributed by atoms with Crippen LogP contribution in [0, 0.1) is 0 Å². The van der Waals surface area contributed by atoms with E-state index in [0.717, 1.165) is 43.5 Å². The second-order valence-corrected chi connectivity index (χ2v) is 11.1. The molecule has 0 bridgehead atoms. The van der Waals surface area contributed by atoms with Crippen molar-refractivity contribution in [3.05, 3.63) is 81.9 Å². The van der Waals surface area contributed by atoms with Crippen LogP contribution in [0.4, 0.5) is 0 Å². The second kappa shape index (κ2) is 8.99. The number of aromatic carboxylic acids is 1. The highest BCUT2D eigenvalue weighted by molar-refractivity contribution is 6.07. The van der Waals surface area contributed by atoms with Crippen molar-refractivity contribution in [2.45, 2.75) is 57.8 Å². The number of fused-ring (bicyclic) bond motifs is 1. The zero-order chi connectivity index (χ0) is 24.7. The summed E-state index contributed by atoms with van der Waals surface area (Å²) in [5.74, 6) is -0.985. The molecule has 0 fully saturated rings. The van der Waals surface area contributed by atoms with Crippen LogP contribution < -0.4 is 0 Å². The zero-order valence-electron chi connectivity index (χ0n) is 20.9. The average molecular weight is 458 g/mol. The normalized spacial score (nSPS) is 19.5. The molecule has 2 aliphatic rings. The molecule has 2 aromatic rings. The number of allylic oxidation sites excluding steroid dienone is 1. The standard InChI is InChI=1S/C30H35NO3/c1-29(2)14-15-30(3,4)27-24(21-12-16-31(5)17-13-21)18-23(19-25(27)29)26(32)11-8-20-6-9-22(10-7-20)28(33)34/h6-12,18-19H,13-17H2,1-5H3,(H,33,34). The fourth-order valence-electron chi connectivity index (χ4n) is 5.21. The highest BCUT2D eigenvalue weighted by Crippen LogP contribution is 2.49. The maximum Gasteiger partial charge on any atom is 0.335 e. The van der Waals surface area contributed by atoms with Crippen molar-refractivity contribution in [3.63, 3.8) is 0 Å². The molecule has 0 aromatic heterocycles. The van der Waals surface area contributed by atoms with Gasteiger partial charge in [-0.15, -0.1) is 0 Å². The largest absolute Gasteiger partial charge is 0.478 e. The van der Waals surface area contributed by atoms with Crippen molar-refractivity contribution in [2.24, 2.45) is 0 Å². The first-order chi connectivity index (χ1) is 16.0. The smallest absolute Gasteiger partial charge is 0.335 e. The summed E-state index contributed by atoms with van der Waals surface area (Å²) < 4.78 is 0. The van der Waals surface area contributed by atoms with Gasteiger partial charge in [-0.3, -0.25) is 4.79 Å². The molecule has 4 heteroatoms. The van der Waals surface area contributed by atoms with Crippen LogP contribution in [-0.2, 0) is 10.8 Å². The first kappa shape index (κ1) is 24.2. The molecule has 4 rings (SSSR count). The van der Waals surface area contributed by atoms with Gasteiger partial charge < -0.3 is 10.0 Å². The topological polar surface area (TPSA) is 57.6 Å². The van der Waals surface area contributed by atoms with E-state index in [1.54, 1.807) is 36.4 Å². The summed E-state index contributed by atoms with van der Waals surface area (Å²) in [4.78, 5) is 26.7. The van der Waals surface area contributed by atoms with Crippen molar-refractivity contribution >= 4 is 23.4 Å². The highest BCUT2D eigenvalue weighted by Gasteiger charge is 2.39. The lowest BCUT2D eigenvalue weighted by Gasteiger charge is -2.44. The van der Waals surface area contributed by atoms with Gasteiger partial charge in [0.15, 0.2) is 5.78 Å². The summed E-state index contributed by atoms with van der Waals surface area (Å²) in [6, 6.07) is 10.8. The molecule has 4 nitrogen and oxygen atoms in total. The Morgan fingerprint density at radius 2 is 1.65 bits per heavy atom. The Morgan fingerprint density at radius 3 is 2.26 bits per heavy atom. The number of carbonyl (C=O) groups excluding carboxylic acids is 1. The van der Waals surface area contributed by atoms with Crippen LogP contribution in [0.5, 0.6) is 0 Å². The number of ketones is 1. The number of carbonyl (C=O) groups is 2. The Morgan fingerprint density at radius 1 is 0.971 bits per heavy atom. The molecule has 0 saturated heterocycles. The summed E-state index contributed by atoms with van der Waals surface area (Å²) in [6.07, 6.45) is 8.90. The predicted octanol–water partition coefficient (Wildman–Crippen LogP) is 6.35. The van der Waals surface area contributed by atoms with Crippen molar-refractivity contribution in [1.29, 1.82) is 0 Å². The van der Waals surface area contributed by atoms with Gasteiger partial charge in [-0.1, -0.05) is 52.0 Å². The van der Waals surface area contributed by atoms with Crippen LogP contribution in [0.3, 0.4) is 0 Å². The van der Waals surface area contributed by atoms with Gasteiger partial charge in [0.25, 0.3) is 0 Å². The Bertz CT molecular complexity index is 1180. The third-order valence-electron chi connectivity index (χ3n) is 7.55. The lowest BCUT2D eigenvalue weighted by Crippen LogP contribution is -2.35. The van der Waals surface area contributed by atoms with E-state index in [0.29, 0.717) is 0 Å². The molecule has 0 unspecified atom stereocenters. The molecule has 34 heavy (non-hydrogen) atoms. The first-order valence-corrected chi connectivity index (χ1v) is 12.1. The molecule has 1 aliphatic heterocycles. The molecule has 2 aromatic carbocycles. The van der Waals surface area contributed by atoms with Crippen LogP contribution in [0.2, 0.25) is 0 Å². The SMILES string of the molecule is CN1CC=C(c2cc(C(=O)C=Cc3ccc(C(=O)O)cc3)cc3c2C(C)(C)CCC3(C)C)CC1. The molecule has 0 radical (unpaired) electrons. The fourth-order valence-corrected chi connectivity index (χ4v) is 5.21. The van der Waals surface area contributed by atoms with Crippen molar-refractivity contribution in [3.8, 4) is 0 Å². The van der Waals surface area contributed by atoms with Gasteiger partial charge in [-0.25, -0.2) is 4.79 Å². The molecular weight excluding hydrogens is 422 g/mol. The molecule has 178 valence electrons. The van der Waals surface area contributed by atoms with Crippen molar-refractivity contribution in [2.75, 3.05) is 20.1 Å². The monoisotopic (exact) mass is 457 g/mol. The molecule has 0 spiro atoms. The van der Waals surface area contributed by atoms with E-state index in [-0.39, 0.29) is 22.2 Å². The van der Waals surface area contributed by atoms with Gasteiger partial charge in [0.2, 0.25) is 0 Å². The van der Waals surface area contributed by atoms with E-state index in [4.69, 9.17) is 5.11 Å². The van der Waals surface area contributed by atoms with Crippen molar-refractivity contribution < 1.29 is 14.7 Å². The first-order valence-electron chi connectivity index (χ1n) is 12.1. The Balaban J connectivity index is 1.77. The van der Waals surface area contributed by atoms with E-state index in [2.05, 4.69) is 57.9 Å². The lowest BCUT2D eigenvalue weighted by molar-refractivity contribution is 0.0696. The Hall–Kier alpha value is -2.98. The summed E-state index contributed by atoms with van der Waals surface area (Å²) in [6.45, 7) is 11.2. The quantitative estimate of drug-likeness (QED) is 0.420. The number of likely N-dealkylation sites (N-methyl/N-ethyl adjacent to an activating group) is 1. The Labute approximate surface area is 203 Å². The zero-order valence-corrected chi connectivity index (χ0v) is 20.9. The minimum Gasteiger partial charge on any atom is -0.478 e. The fraction of sp³-hybridized carbons (Fsp3) is 0.400. The van der Waals surface area contributed by atoms with Gasteiger partial charge in [-0.2, -0.15) is 0 Å². The Kier molecular flexibility index (Phi) is 6.39. The number of hydrogen-bond acceptors (Lipinski definition) is 3. The second-order valence-electron chi connectivity index (χ2n) is 11.1. The third-order valence-corrected chi connectivity index (χ3v) is 7.55. The van der Waals surface area contributed by atoms with Crippen LogP contribution in [0.1, 0.15) is 89.9 Å². The summed E-state index contributed by atoms with van der Waals surface area (Å²) >= 11 is 0. The third kappa shape index (κ3) is 4.78. The number of benzene rings is 2. The lowest BCUT2D eigenvalue weighted by atomic mass is 9.61. The highest BCUT2D eigenvalue weighted by atomic mass is 16.4. The van der Waals surface area contributed by atoms with Gasteiger partial charge in [0.1, 0.15) is 0 Å². The molecular formula is C30H35NO3. The van der Waals surface area contributed by atoms with Crippen LogP contribution in [-0.4, -0.2) is 41.9 Å². The molecule has 0 atom stereocenters. The van der Waals surface area contributed by atoms with Gasteiger partial charge >= 0.3 is 5.97 Å². The van der Waals surface area contributed by atoms with E-state index in [9.17, 15) is 9.59 Å². The van der Waals surface area contributed by atoms with Crippen LogP contribution in [0.15, 0.2) is 48.6 Å². The van der Waals surface area contributed by atoms with E-state index >= 15 is 0 Å². The van der Waals surface area contributed by atoms with E-state index in [1.165, 1.54) is 22.3 Å². The summed E-state index contributed by atoms with van der Waals surface area (Å²) in [7, 11) is 2.14. The van der Waals surface area contributed by atoms with Gasteiger partial charge in [0.05, 0.1) is 5.56 Å². The van der Waals surface area contributed by atoms with Gasteiger partial charge in [0, 0.05) is 18.7 Å². The molecule has 0 saturated carbocycles. The van der Waals surface area contributed by atoms with Crippen LogP contribution in [0.25, 0.3) is 11.6 Å². The molecule has 1 N–H and O–H groups in total. The minimum absolute atomic E-state index is 0.0122. The summed E-state index contributed by atoms with van der Waals surface area (Å²) in [5.41, 5.74) is 7.13. The molecule has 1 heterocycles. The number of rotatable bonds is 5. The van der Waals surface area contributed by atoms with Gasteiger partial charge in [-0.05, 0) is 95.3 Å². The number of hydrogen-bond donors (Lipinski definition) is 1. The predicted molar refractivity (Wildman–Crippen MR) is 139 cm³/mol. The molecule has 0 amide bonds. The number of nitrogens with zero attached hydrogens (tertiary/aromatic N) is 1. The maximum atomic E-state index is 13.3. The van der Waals surface area contributed by atoms with Crippen LogP contribution >= 0.6 is 0 Å². The number of carboxylic acid groups (broad SMARTS) is 1. The van der Waals surface area contributed by atoms with Crippen molar-refractivity contribution in [1.82, 2.24) is 4.90 Å². The van der Waals surface area contributed by atoms with E-state index in [1.807, 2.05) is 0 Å². The summed E-state index contributed by atoms with van der Waals surface area (Å²) in [5, 5.41) is 9.09. The molecule has 1 aliphatic carbocycles. The maximum absolute atomic E-state index is 13.3. The minimum atomic E-state index is -0.957. The number of carboxylic acids is 1.